The van der Waals surface area contributed by atoms with Gasteiger partial charge in [0.1, 0.15) is 5.82 Å². The highest BCUT2D eigenvalue weighted by Gasteiger charge is 2.32. The fraction of sp³-hybridized carbons (Fsp3) is 0.263. The third-order valence-electron chi connectivity index (χ3n) is 4.47. The van der Waals surface area contributed by atoms with Crippen LogP contribution in [0.4, 0.5) is 15.8 Å². The molecule has 1 atom stereocenters. The van der Waals surface area contributed by atoms with E-state index < -0.39 is 6.29 Å². The van der Waals surface area contributed by atoms with Gasteiger partial charge in [-0.2, -0.15) is 4.99 Å². The van der Waals surface area contributed by atoms with E-state index in [0.29, 0.717) is 37.3 Å². The lowest BCUT2D eigenvalue weighted by Crippen LogP contribution is -2.57. The van der Waals surface area contributed by atoms with Crippen molar-refractivity contribution >= 4 is 34.9 Å². The Morgan fingerprint density at radius 1 is 1.07 bits per heavy atom. The van der Waals surface area contributed by atoms with Gasteiger partial charge < -0.3 is 20.7 Å². The minimum atomic E-state index is -0.554. The zero-order valence-electron chi connectivity index (χ0n) is 15.1. The summed E-state index contributed by atoms with van der Waals surface area (Å²) in [4.78, 5) is 12.9. The first-order chi connectivity index (χ1) is 13.6. The molecule has 0 aliphatic carbocycles. The molecule has 9 heteroatoms. The molecular weight excluding hydrogens is 383 g/mol. The Morgan fingerprint density at radius 2 is 1.75 bits per heavy atom. The average molecular weight is 403 g/mol. The first-order valence-electron chi connectivity index (χ1n) is 8.92. The normalized spacial score (nSPS) is 19.9. The second-order valence-electron chi connectivity index (χ2n) is 6.37. The summed E-state index contributed by atoms with van der Waals surface area (Å²) in [6, 6.07) is 13.5. The van der Waals surface area contributed by atoms with E-state index >= 15 is 0 Å². The highest BCUT2D eigenvalue weighted by molar-refractivity contribution is 6.30. The minimum Gasteiger partial charge on any atom is -0.378 e. The number of morpholine rings is 1. The molecule has 0 bridgehead atoms. The average Bonchev–Trinajstić information content (AvgIpc) is 2.71. The molecule has 1 fully saturated rings. The molecule has 0 amide bonds. The number of aliphatic imine (C=N–C) groups is 2. The van der Waals surface area contributed by atoms with Crippen LogP contribution in [-0.2, 0) is 4.74 Å². The van der Waals surface area contributed by atoms with E-state index in [-0.39, 0.29) is 11.8 Å². The van der Waals surface area contributed by atoms with Gasteiger partial charge in [-0.05, 0) is 48.5 Å². The molecule has 1 saturated heterocycles. The number of hydrogen-bond acceptors (Lipinski definition) is 7. The van der Waals surface area contributed by atoms with Crippen LogP contribution in [0, 0.1) is 5.82 Å². The molecular formula is C19H20ClFN6O. The highest BCUT2D eigenvalue weighted by atomic mass is 35.5. The number of rotatable bonds is 3. The molecule has 0 saturated carbocycles. The van der Waals surface area contributed by atoms with Crippen LogP contribution in [0.25, 0.3) is 0 Å². The van der Waals surface area contributed by atoms with E-state index in [1.165, 1.54) is 12.1 Å². The van der Waals surface area contributed by atoms with Crippen molar-refractivity contribution in [2.75, 3.05) is 36.5 Å². The number of benzene rings is 2. The van der Waals surface area contributed by atoms with Crippen LogP contribution in [0.3, 0.4) is 0 Å². The number of halogens is 2. The Kier molecular flexibility index (Phi) is 5.31. The molecule has 0 spiro atoms. The Balaban J connectivity index is 1.70. The number of anilines is 2. The van der Waals surface area contributed by atoms with Crippen LogP contribution >= 0.6 is 11.6 Å². The van der Waals surface area contributed by atoms with E-state index in [2.05, 4.69) is 20.2 Å². The molecule has 146 valence electrons. The van der Waals surface area contributed by atoms with Crippen molar-refractivity contribution in [2.45, 2.75) is 6.29 Å². The second-order valence-corrected chi connectivity index (χ2v) is 6.81. The highest BCUT2D eigenvalue weighted by Crippen LogP contribution is 2.25. The predicted molar refractivity (Wildman–Crippen MR) is 109 cm³/mol. The monoisotopic (exact) mass is 402 g/mol. The van der Waals surface area contributed by atoms with Crippen molar-refractivity contribution in [1.29, 1.82) is 0 Å². The van der Waals surface area contributed by atoms with Gasteiger partial charge in [-0.3, -0.25) is 4.90 Å². The van der Waals surface area contributed by atoms with Crippen molar-refractivity contribution < 1.29 is 9.13 Å². The van der Waals surface area contributed by atoms with E-state index in [0.717, 1.165) is 11.4 Å². The molecule has 3 N–H and O–H groups in total. The van der Waals surface area contributed by atoms with Crippen molar-refractivity contribution in [1.82, 2.24) is 4.90 Å². The summed E-state index contributed by atoms with van der Waals surface area (Å²) >= 11 is 5.98. The number of nitrogens with two attached hydrogens (primary N) is 1. The van der Waals surface area contributed by atoms with Gasteiger partial charge in [-0.25, -0.2) is 9.38 Å². The molecule has 0 aromatic heterocycles. The molecule has 2 heterocycles. The molecule has 0 radical (unpaired) electrons. The SMILES string of the molecule is NC1=NC(Nc2ccc(Cl)cc2)N(c2ccc(F)cc2)C(N2CCOCC2)=N1. The Bertz CT molecular complexity index is 880. The van der Waals surface area contributed by atoms with E-state index in [9.17, 15) is 4.39 Å². The number of ether oxygens (including phenoxy) is 1. The fourth-order valence-electron chi connectivity index (χ4n) is 3.11. The minimum absolute atomic E-state index is 0.173. The van der Waals surface area contributed by atoms with Crippen molar-refractivity contribution in [3.05, 3.63) is 59.4 Å². The topological polar surface area (TPSA) is 78.5 Å². The lowest BCUT2D eigenvalue weighted by atomic mass is 10.2. The van der Waals surface area contributed by atoms with Crippen LogP contribution in [-0.4, -0.2) is 49.4 Å². The molecule has 2 aliphatic rings. The number of nitrogens with one attached hydrogen (secondary N) is 1. The third kappa shape index (κ3) is 4.02. The predicted octanol–water partition coefficient (Wildman–Crippen LogP) is 2.70. The van der Waals surface area contributed by atoms with Crippen LogP contribution in [0.2, 0.25) is 5.02 Å². The second kappa shape index (κ2) is 8.04. The molecule has 7 nitrogen and oxygen atoms in total. The summed E-state index contributed by atoms with van der Waals surface area (Å²) < 4.78 is 19.0. The van der Waals surface area contributed by atoms with E-state index in [4.69, 9.17) is 22.1 Å². The standard InChI is InChI=1S/C19H20ClFN6O/c20-13-1-5-15(6-2-13)23-18-24-17(22)25-19(26-9-11-28-12-10-26)27(18)16-7-3-14(21)4-8-16/h1-8,18,23H,9-12H2,(H2,22,24). The summed E-state index contributed by atoms with van der Waals surface area (Å²) in [7, 11) is 0. The largest absolute Gasteiger partial charge is 0.378 e. The molecule has 28 heavy (non-hydrogen) atoms. The Morgan fingerprint density at radius 3 is 2.43 bits per heavy atom. The van der Waals surface area contributed by atoms with E-state index in [1.807, 2.05) is 17.0 Å². The van der Waals surface area contributed by atoms with Crippen LogP contribution < -0.4 is 16.0 Å². The van der Waals surface area contributed by atoms with Crippen LogP contribution in [0.15, 0.2) is 58.5 Å². The summed E-state index contributed by atoms with van der Waals surface area (Å²) in [5, 5.41) is 3.98. The van der Waals surface area contributed by atoms with Gasteiger partial charge in [0.05, 0.1) is 13.2 Å². The summed E-state index contributed by atoms with van der Waals surface area (Å²) in [5.41, 5.74) is 7.59. The summed E-state index contributed by atoms with van der Waals surface area (Å²) in [6.07, 6.45) is -0.554. The first kappa shape index (κ1) is 18.5. The fourth-order valence-corrected chi connectivity index (χ4v) is 3.24. The van der Waals surface area contributed by atoms with Gasteiger partial charge in [-0.15, -0.1) is 0 Å². The van der Waals surface area contributed by atoms with Gasteiger partial charge in [0.25, 0.3) is 0 Å². The third-order valence-corrected chi connectivity index (χ3v) is 4.72. The quantitative estimate of drug-likeness (QED) is 0.825. The lowest BCUT2D eigenvalue weighted by Gasteiger charge is -2.41. The first-order valence-corrected chi connectivity index (χ1v) is 9.29. The van der Waals surface area contributed by atoms with Gasteiger partial charge in [0.15, 0.2) is 0 Å². The van der Waals surface area contributed by atoms with Gasteiger partial charge in [0, 0.05) is 29.5 Å². The molecule has 2 aliphatic heterocycles. The number of nitrogens with zero attached hydrogens (tertiary/aromatic N) is 4. The zero-order chi connectivity index (χ0) is 19.5. The smallest absolute Gasteiger partial charge is 0.222 e. The maximum absolute atomic E-state index is 13.5. The lowest BCUT2D eigenvalue weighted by molar-refractivity contribution is 0.0671. The van der Waals surface area contributed by atoms with Crippen molar-refractivity contribution in [2.24, 2.45) is 15.7 Å². The summed E-state index contributed by atoms with van der Waals surface area (Å²) in [5.74, 6) is 0.510. The zero-order valence-corrected chi connectivity index (χ0v) is 15.8. The maximum atomic E-state index is 13.5. The maximum Gasteiger partial charge on any atom is 0.222 e. The molecule has 2 aromatic carbocycles. The van der Waals surface area contributed by atoms with E-state index in [1.54, 1.807) is 24.3 Å². The van der Waals surface area contributed by atoms with Crippen LogP contribution in [0.5, 0.6) is 0 Å². The molecule has 4 rings (SSSR count). The number of guanidine groups is 2. The van der Waals surface area contributed by atoms with Crippen LogP contribution in [0.1, 0.15) is 0 Å². The van der Waals surface area contributed by atoms with Gasteiger partial charge >= 0.3 is 0 Å². The molecule has 1 unspecified atom stereocenters. The van der Waals surface area contributed by atoms with Gasteiger partial charge in [0.2, 0.25) is 18.2 Å². The van der Waals surface area contributed by atoms with Crippen molar-refractivity contribution in [3.63, 3.8) is 0 Å². The van der Waals surface area contributed by atoms with Gasteiger partial charge in [-0.1, -0.05) is 11.6 Å². The summed E-state index contributed by atoms with van der Waals surface area (Å²) in [6.45, 7) is 2.56. The Labute approximate surface area is 167 Å². The number of hydrogen-bond donors (Lipinski definition) is 2. The van der Waals surface area contributed by atoms with Crippen molar-refractivity contribution in [3.8, 4) is 0 Å². The molecule has 2 aromatic rings. The Hall–Kier alpha value is -2.84.